The lowest BCUT2D eigenvalue weighted by molar-refractivity contribution is -0.138. The summed E-state index contributed by atoms with van der Waals surface area (Å²) < 4.78 is 13.8. The van der Waals surface area contributed by atoms with E-state index in [1.165, 1.54) is 0 Å². The van der Waals surface area contributed by atoms with Gasteiger partial charge in [-0.25, -0.2) is 0 Å². The number of nitrogens with zero attached hydrogens (tertiary/aromatic N) is 1. The lowest BCUT2D eigenvalue weighted by Gasteiger charge is -2.22. The molecular formula is C15H19N2O4P. The number of rotatable bonds is 3. The van der Waals surface area contributed by atoms with Crippen LogP contribution < -0.4 is 14.8 Å². The number of piperidine rings is 1. The van der Waals surface area contributed by atoms with Gasteiger partial charge in [0.2, 0.25) is 5.91 Å². The lowest BCUT2D eigenvalue weighted by atomic mass is 10.1. The van der Waals surface area contributed by atoms with Gasteiger partial charge in [-0.05, 0) is 12.7 Å². The number of amides is 2. The molecule has 2 unspecified atom stereocenters. The summed E-state index contributed by atoms with van der Waals surface area (Å²) in [5.74, 6) is 0.798. The maximum Gasteiger partial charge on any atom is 0.267 e. The highest BCUT2D eigenvalue weighted by Crippen LogP contribution is 2.31. The van der Waals surface area contributed by atoms with Gasteiger partial charge in [0, 0.05) is 37.6 Å². The van der Waals surface area contributed by atoms with Crippen LogP contribution in [0.3, 0.4) is 0 Å². The Morgan fingerprint density at radius 2 is 2.27 bits per heavy atom. The Morgan fingerprint density at radius 3 is 3.05 bits per heavy atom. The number of ether oxygens (including phenoxy) is 2. The zero-order valence-electron chi connectivity index (χ0n) is 12.4. The Morgan fingerprint density at radius 1 is 1.41 bits per heavy atom. The molecule has 22 heavy (non-hydrogen) atoms. The third-order valence-corrected chi connectivity index (χ3v) is 4.82. The van der Waals surface area contributed by atoms with Crippen molar-refractivity contribution in [2.45, 2.75) is 25.5 Å². The van der Waals surface area contributed by atoms with E-state index in [9.17, 15) is 9.59 Å². The fourth-order valence-corrected chi connectivity index (χ4v) is 3.21. The monoisotopic (exact) mass is 322 g/mol. The van der Waals surface area contributed by atoms with Crippen LogP contribution >= 0.6 is 8.73 Å². The van der Waals surface area contributed by atoms with E-state index >= 15 is 0 Å². The predicted molar refractivity (Wildman–Crippen MR) is 83.4 cm³/mol. The van der Waals surface area contributed by atoms with Crippen molar-refractivity contribution in [2.24, 2.45) is 0 Å². The lowest BCUT2D eigenvalue weighted by Crippen LogP contribution is -2.46. The molecule has 2 aliphatic rings. The molecule has 0 bridgehead atoms. The largest absolute Gasteiger partial charge is 0.492 e. The van der Waals surface area contributed by atoms with Gasteiger partial charge in [0.15, 0.2) is 6.10 Å². The third kappa shape index (κ3) is 3.39. The molecule has 1 aromatic rings. The summed E-state index contributed by atoms with van der Waals surface area (Å²) in [6.07, 6.45) is 0.104. The van der Waals surface area contributed by atoms with Crippen molar-refractivity contribution in [3.05, 3.63) is 23.8 Å². The first-order valence-electron chi connectivity index (χ1n) is 7.34. The molecule has 0 aromatic heterocycles. The number of imide groups is 1. The van der Waals surface area contributed by atoms with Gasteiger partial charge in [0.1, 0.15) is 18.1 Å². The van der Waals surface area contributed by atoms with Crippen LogP contribution in [0.15, 0.2) is 18.2 Å². The van der Waals surface area contributed by atoms with E-state index in [1.54, 1.807) is 0 Å². The van der Waals surface area contributed by atoms with Gasteiger partial charge in [-0.15, -0.1) is 0 Å². The van der Waals surface area contributed by atoms with Crippen molar-refractivity contribution in [1.29, 1.82) is 0 Å². The minimum atomic E-state index is -0.616. The Labute approximate surface area is 131 Å². The second kappa shape index (κ2) is 6.63. The van der Waals surface area contributed by atoms with E-state index in [4.69, 9.17) is 9.47 Å². The third-order valence-electron chi connectivity index (χ3n) is 3.80. The topological polar surface area (TPSA) is 67.9 Å². The summed E-state index contributed by atoms with van der Waals surface area (Å²) >= 11 is 0. The van der Waals surface area contributed by atoms with Gasteiger partial charge in [-0.1, -0.05) is 14.8 Å². The van der Waals surface area contributed by atoms with Crippen molar-refractivity contribution >= 4 is 20.5 Å². The summed E-state index contributed by atoms with van der Waals surface area (Å²) in [7, 11) is 0.747. The molecule has 2 heterocycles. The highest BCUT2D eigenvalue weighted by atomic mass is 31.1. The first kappa shape index (κ1) is 15.3. The van der Waals surface area contributed by atoms with Gasteiger partial charge in [-0.3, -0.25) is 19.6 Å². The number of nitrogens with one attached hydrogen (secondary N) is 1. The molecule has 2 aliphatic heterocycles. The first-order valence-corrected chi connectivity index (χ1v) is 8.79. The maximum absolute atomic E-state index is 11.7. The Kier molecular flexibility index (Phi) is 4.60. The van der Waals surface area contributed by atoms with E-state index in [0.717, 1.165) is 33.1 Å². The van der Waals surface area contributed by atoms with Crippen LogP contribution in [0.5, 0.6) is 11.5 Å². The van der Waals surface area contributed by atoms with Crippen molar-refractivity contribution in [3.8, 4) is 11.5 Å². The first-order chi connectivity index (χ1) is 10.7. The molecule has 2 atom stereocenters. The normalized spacial score (nSPS) is 22.9. The van der Waals surface area contributed by atoms with Gasteiger partial charge in [-0.2, -0.15) is 0 Å². The molecule has 2 amide bonds. The van der Waals surface area contributed by atoms with E-state index in [2.05, 4.69) is 16.7 Å². The van der Waals surface area contributed by atoms with E-state index < -0.39 is 6.10 Å². The standard InChI is InChI=1S/C15H19N2O4P/c1-22-17-6-7-20-13-8-11(3-2-10(13)9-17)21-12-4-5-14(18)16-15(12)19/h2-3,8,12,22H,4-7,9H2,1H3,(H,16,18,19). The molecule has 1 aromatic carbocycles. The van der Waals surface area contributed by atoms with Gasteiger partial charge < -0.3 is 9.47 Å². The minimum Gasteiger partial charge on any atom is -0.492 e. The van der Waals surface area contributed by atoms with Crippen molar-refractivity contribution < 1.29 is 19.1 Å². The minimum absolute atomic E-state index is 0.240. The number of benzene rings is 1. The quantitative estimate of drug-likeness (QED) is 0.671. The van der Waals surface area contributed by atoms with Crippen LogP contribution in [0.4, 0.5) is 0 Å². The highest BCUT2D eigenvalue weighted by molar-refractivity contribution is 7.34. The molecular weight excluding hydrogens is 303 g/mol. The predicted octanol–water partition coefficient (Wildman–Crippen LogP) is 1.29. The average molecular weight is 322 g/mol. The second-order valence-corrected chi connectivity index (χ2v) is 6.40. The molecule has 1 fully saturated rings. The summed E-state index contributed by atoms with van der Waals surface area (Å²) in [6, 6.07) is 5.67. The fraction of sp³-hybridized carbons (Fsp3) is 0.467. The van der Waals surface area contributed by atoms with Crippen LogP contribution in [0.25, 0.3) is 0 Å². The zero-order chi connectivity index (χ0) is 15.5. The molecule has 0 saturated carbocycles. The van der Waals surface area contributed by atoms with E-state index in [1.807, 2.05) is 18.2 Å². The molecule has 1 saturated heterocycles. The second-order valence-electron chi connectivity index (χ2n) is 5.32. The molecule has 1 N–H and O–H groups in total. The average Bonchev–Trinajstić information content (AvgIpc) is 2.71. The van der Waals surface area contributed by atoms with Crippen LogP contribution in [0, 0.1) is 0 Å². The SMILES string of the molecule is CPN1CCOc2cc(OC3CCC(=O)NC3=O)ccc2C1. The number of fused-ring (bicyclic) bond motifs is 1. The molecule has 3 rings (SSSR count). The number of hydrogen-bond donors (Lipinski definition) is 1. The number of carbonyl (C=O) groups excluding carboxylic acids is 2. The molecule has 0 aliphatic carbocycles. The van der Waals surface area contributed by atoms with Crippen molar-refractivity contribution in [1.82, 2.24) is 9.99 Å². The Balaban J connectivity index is 1.72. The van der Waals surface area contributed by atoms with Gasteiger partial charge >= 0.3 is 0 Å². The summed E-state index contributed by atoms with van der Waals surface area (Å²) in [5.41, 5.74) is 1.13. The highest BCUT2D eigenvalue weighted by Gasteiger charge is 2.28. The number of hydrogen-bond acceptors (Lipinski definition) is 5. The Hall–Kier alpha value is -1.65. The smallest absolute Gasteiger partial charge is 0.267 e. The molecule has 7 heteroatoms. The van der Waals surface area contributed by atoms with Gasteiger partial charge in [0.25, 0.3) is 5.91 Å². The van der Waals surface area contributed by atoms with Crippen LogP contribution in [0.2, 0.25) is 0 Å². The molecule has 118 valence electrons. The molecule has 0 radical (unpaired) electrons. The van der Waals surface area contributed by atoms with Crippen LogP contribution in [-0.2, 0) is 16.1 Å². The van der Waals surface area contributed by atoms with E-state index in [0.29, 0.717) is 25.2 Å². The fourth-order valence-electron chi connectivity index (χ4n) is 2.56. The summed E-state index contributed by atoms with van der Waals surface area (Å²) in [4.78, 5) is 22.9. The summed E-state index contributed by atoms with van der Waals surface area (Å²) in [6.45, 7) is 4.58. The molecule has 0 spiro atoms. The van der Waals surface area contributed by atoms with Crippen molar-refractivity contribution in [3.63, 3.8) is 0 Å². The Bertz CT molecular complexity index is 593. The zero-order valence-corrected chi connectivity index (χ0v) is 13.4. The maximum atomic E-state index is 11.7. The van der Waals surface area contributed by atoms with Crippen molar-refractivity contribution in [2.75, 3.05) is 19.8 Å². The van der Waals surface area contributed by atoms with Gasteiger partial charge in [0.05, 0.1) is 0 Å². The molecule has 6 nitrogen and oxygen atoms in total. The number of carbonyl (C=O) groups is 2. The van der Waals surface area contributed by atoms with Crippen LogP contribution in [-0.4, -0.2) is 42.4 Å². The van der Waals surface area contributed by atoms with E-state index in [-0.39, 0.29) is 11.8 Å². The summed E-state index contributed by atoms with van der Waals surface area (Å²) in [5, 5.41) is 2.30. The van der Waals surface area contributed by atoms with Crippen LogP contribution in [0.1, 0.15) is 18.4 Å².